The molecule has 1 atom stereocenters. The number of likely N-dealkylation sites (tertiary alicyclic amines) is 1. The Labute approximate surface area is 151 Å². The van der Waals surface area contributed by atoms with E-state index in [1.54, 1.807) is 19.1 Å². The van der Waals surface area contributed by atoms with Crippen molar-refractivity contribution in [2.75, 3.05) is 31.1 Å². The van der Waals surface area contributed by atoms with Crippen LogP contribution in [-0.4, -0.2) is 57.2 Å². The number of carbonyl (C=O) groups excluding carboxylic acids is 1. The molecule has 4 rings (SSSR count). The fraction of sp³-hybridized carbons (Fsp3) is 0.500. The maximum Gasteiger partial charge on any atom is 0.255 e. The SMILES string of the molecule is Cc1nnccc1C(=O)N1CCC(c2cc(=O)[nH]c(N3CCCC3)n2)C1. The van der Waals surface area contributed by atoms with Gasteiger partial charge in [0, 0.05) is 38.2 Å². The van der Waals surface area contributed by atoms with Crippen molar-refractivity contribution < 1.29 is 4.79 Å². The van der Waals surface area contributed by atoms with Gasteiger partial charge in [-0.3, -0.25) is 14.6 Å². The Hall–Kier alpha value is -2.77. The van der Waals surface area contributed by atoms with Crippen LogP contribution in [0.4, 0.5) is 5.95 Å². The number of nitrogens with zero attached hydrogens (tertiary/aromatic N) is 5. The Morgan fingerprint density at radius 2 is 2.08 bits per heavy atom. The molecule has 0 spiro atoms. The molecule has 26 heavy (non-hydrogen) atoms. The molecule has 0 aliphatic carbocycles. The van der Waals surface area contributed by atoms with Crippen LogP contribution in [0.5, 0.6) is 0 Å². The van der Waals surface area contributed by atoms with E-state index in [4.69, 9.17) is 4.98 Å². The van der Waals surface area contributed by atoms with Crippen molar-refractivity contribution in [3.63, 3.8) is 0 Å². The van der Waals surface area contributed by atoms with E-state index in [1.807, 2.05) is 4.90 Å². The summed E-state index contributed by atoms with van der Waals surface area (Å²) in [7, 11) is 0. The lowest BCUT2D eigenvalue weighted by molar-refractivity contribution is 0.0789. The van der Waals surface area contributed by atoms with Crippen LogP contribution in [0.1, 0.15) is 46.9 Å². The molecule has 2 aromatic heterocycles. The maximum atomic E-state index is 12.7. The molecule has 0 aromatic carbocycles. The Balaban J connectivity index is 1.53. The zero-order valence-electron chi connectivity index (χ0n) is 14.8. The maximum absolute atomic E-state index is 12.7. The van der Waals surface area contributed by atoms with Crippen LogP contribution >= 0.6 is 0 Å². The van der Waals surface area contributed by atoms with Crippen molar-refractivity contribution in [1.82, 2.24) is 25.1 Å². The number of rotatable bonds is 3. The molecule has 8 nitrogen and oxygen atoms in total. The van der Waals surface area contributed by atoms with E-state index in [9.17, 15) is 9.59 Å². The minimum absolute atomic E-state index is 0.0375. The number of nitrogens with one attached hydrogen (secondary N) is 1. The highest BCUT2D eigenvalue weighted by Crippen LogP contribution is 2.27. The summed E-state index contributed by atoms with van der Waals surface area (Å²) < 4.78 is 0. The zero-order valence-corrected chi connectivity index (χ0v) is 14.8. The van der Waals surface area contributed by atoms with Gasteiger partial charge in [-0.05, 0) is 32.3 Å². The topological polar surface area (TPSA) is 95.1 Å². The van der Waals surface area contributed by atoms with Crippen LogP contribution in [0.3, 0.4) is 0 Å². The van der Waals surface area contributed by atoms with Crippen molar-refractivity contribution in [2.24, 2.45) is 0 Å². The number of hydrogen-bond acceptors (Lipinski definition) is 6. The van der Waals surface area contributed by atoms with E-state index < -0.39 is 0 Å². The highest BCUT2D eigenvalue weighted by atomic mass is 16.2. The van der Waals surface area contributed by atoms with Crippen molar-refractivity contribution in [3.8, 4) is 0 Å². The first-order valence-electron chi connectivity index (χ1n) is 9.05. The third kappa shape index (κ3) is 3.18. The van der Waals surface area contributed by atoms with Crippen LogP contribution in [-0.2, 0) is 0 Å². The predicted octanol–water partition coefficient (Wildman–Crippen LogP) is 1.10. The standard InChI is InChI=1S/C18H22N6O2/c1-12-14(4-6-19-22-12)17(26)24-9-5-13(11-24)15-10-16(25)21-18(20-15)23-7-2-3-8-23/h4,6,10,13H,2-3,5,7-9,11H2,1H3,(H,20,21,25). The van der Waals surface area contributed by atoms with Crippen molar-refractivity contribution in [2.45, 2.75) is 32.1 Å². The average Bonchev–Trinajstić information content (AvgIpc) is 3.33. The minimum atomic E-state index is -0.129. The van der Waals surface area contributed by atoms with Crippen LogP contribution in [0.25, 0.3) is 0 Å². The molecule has 8 heteroatoms. The quantitative estimate of drug-likeness (QED) is 0.887. The number of aryl methyl sites for hydroxylation is 1. The van der Waals surface area contributed by atoms with Gasteiger partial charge in [0.2, 0.25) is 5.95 Å². The van der Waals surface area contributed by atoms with Gasteiger partial charge in [-0.25, -0.2) is 4.98 Å². The summed E-state index contributed by atoms with van der Waals surface area (Å²) >= 11 is 0. The minimum Gasteiger partial charge on any atom is -0.342 e. The molecule has 0 radical (unpaired) electrons. The first-order valence-corrected chi connectivity index (χ1v) is 9.05. The second kappa shape index (κ2) is 6.86. The molecular weight excluding hydrogens is 332 g/mol. The van der Waals surface area contributed by atoms with E-state index >= 15 is 0 Å². The first kappa shape index (κ1) is 16.7. The van der Waals surface area contributed by atoms with Crippen LogP contribution in [0, 0.1) is 6.92 Å². The van der Waals surface area contributed by atoms with Gasteiger partial charge in [-0.1, -0.05) is 0 Å². The zero-order chi connectivity index (χ0) is 18.1. The summed E-state index contributed by atoms with van der Waals surface area (Å²) in [5, 5.41) is 7.76. The molecule has 2 fully saturated rings. The smallest absolute Gasteiger partial charge is 0.255 e. The summed E-state index contributed by atoms with van der Waals surface area (Å²) in [6.07, 6.45) is 4.59. The van der Waals surface area contributed by atoms with Crippen molar-refractivity contribution >= 4 is 11.9 Å². The Morgan fingerprint density at radius 3 is 2.85 bits per heavy atom. The molecule has 4 heterocycles. The van der Waals surface area contributed by atoms with Gasteiger partial charge in [0.15, 0.2) is 0 Å². The second-order valence-electron chi connectivity index (χ2n) is 6.96. The van der Waals surface area contributed by atoms with E-state index in [0.717, 1.165) is 38.0 Å². The largest absolute Gasteiger partial charge is 0.342 e. The highest BCUT2D eigenvalue weighted by Gasteiger charge is 2.30. The monoisotopic (exact) mass is 354 g/mol. The number of carbonyl (C=O) groups is 1. The van der Waals surface area contributed by atoms with Crippen LogP contribution in [0.2, 0.25) is 0 Å². The molecular formula is C18H22N6O2. The van der Waals surface area contributed by atoms with Gasteiger partial charge in [0.25, 0.3) is 11.5 Å². The molecule has 0 saturated carbocycles. The summed E-state index contributed by atoms with van der Waals surface area (Å²) in [4.78, 5) is 36.3. The normalized spacial score (nSPS) is 20.0. The first-order chi connectivity index (χ1) is 12.6. The van der Waals surface area contributed by atoms with E-state index in [0.29, 0.717) is 30.3 Å². The van der Waals surface area contributed by atoms with E-state index in [1.165, 1.54) is 6.20 Å². The van der Waals surface area contributed by atoms with Crippen LogP contribution < -0.4 is 10.5 Å². The summed E-state index contributed by atoms with van der Waals surface area (Å²) in [6.45, 7) is 4.86. The van der Waals surface area contributed by atoms with E-state index in [2.05, 4.69) is 20.1 Å². The van der Waals surface area contributed by atoms with Crippen molar-refractivity contribution in [3.05, 3.63) is 45.6 Å². The molecule has 136 valence electrons. The van der Waals surface area contributed by atoms with Gasteiger partial charge in [-0.2, -0.15) is 10.2 Å². The fourth-order valence-corrected chi connectivity index (χ4v) is 3.74. The molecule has 2 aliphatic heterocycles. The number of hydrogen-bond donors (Lipinski definition) is 1. The second-order valence-corrected chi connectivity index (χ2v) is 6.96. The Morgan fingerprint density at radius 1 is 1.27 bits per heavy atom. The summed E-state index contributed by atoms with van der Waals surface area (Å²) in [6, 6.07) is 3.27. The third-order valence-corrected chi connectivity index (χ3v) is 5.18. The van der Waals surface area contributed by atoms with Gasteiger partial charge in [-0.15, -0.1) is 0 Å². The molecule has 1 unspecified atom stereocenters. The predicted molar refractivity (Wildman–Crippen MR) is 96.3 cm³/mol. The lowest BCUT2D eigenvalue weighted by Gasteiger charge is -2.19. The summed E-state index contributed by atoms with van der Waals surface area (Å²) in [5.74, 6) is 0.700. The Kier molecular flexibility index (Phi) is 4.40. The molecule has 2 aromatic rings. The Bertz CT molecular complexity index is 874. The van der Waals surface area contributed by atoms with Gasteiger partial charge < -0.3 is 9.80 Å². The third-order valence-electron chi connectivity index (χ3n) is 5.18. The van der Waals surface area contributed by atoms with Gasteiger partial charge >= 0.3 is 0 Å². The lowest BCUT2D eigenvalue weighted by atomic mass is 10.0. The number of anilines is 1. The highest BCUT2D eigenvalue weighted by molar-refractivity contribution is 5.95. The fourth-order valence-electron chi connectivity index (χ4n) is 3.74. The molecule has 1 N–H and O–H groups in total. The number of H-pyrrole nitrogens is 1. The molecule has 2 saturated heterocycles. The number of amides is 1. The molecule has 2 aliphatic rings. The van der Waals surface area contributed by atoms with E-state index in [-0.39, 0.29) is 17.4 Å². The van der Waals surface area contributed by atoms with Crippen LogP contribution in [0.15, 0.2) is 23.1 Å². The molecule has 1 amide bonds. The van der Waals surface area contributed by atoms with Crippen molar-refractivity contribution in [1.29, 1.82) is 0 Å². The lowest BCUT2D eigenvalue weighted by Crippen LogP contribution is -2.30. The number of aromatic amines is 1. The summed E-state index contributed by atoms with van der Waals surface area (Å²) in [5.41, 5.74) is 1.86. The number of aromatic nitrogens is 4. The average molecular weight is 354 g/mol. The van der Waals surface area contributed by atoms with Gasteiger partial charge in [0.1, 0.15) is 0 Å². The van der Waals surface area contributed by atoms with Gasteiger partial charge in [0.05, 0.1) is 23.1 Å². The molecule has 0 bridgehead atoms.